The van der Waals surface area contributed by atoms with Gasteiger partial charge in [-0.2, -0.15) is 0 Å². The lowest BCUT2D eigenvalue weighted by Crippen LogP contribution is -2.19. The third kappa shape index (κ3) is 3.30. The highest BCUT2D eigenvalue weighted by atomic mass is 16.5. The van der Waals surface area contributed by atoms with E-state index in [1.807, 2.05) is 13.0 Å². The summed E-state index contributed by atoms with van der Waals surface area (Å²) in [4.78, 5) is 10.3. The van der Waals surface area contributed by atoms with Gasteiger partial charge in [-0.15, -0.1) is 0 Å². The number of hydrogen-bond acceptors (Lipinski definition) is 3. The van der Waals surface area contributed by atoms with Gasteiger partial charge in [-0.25, -0.2) is 0 Å². The molecule has 15 heavy (non-hydrogen) atoms. The molecule has 1 rings (SSSR count). The van der Waals surface area contributed by atoms with Crippen molar-refractivity contribution in [2.75, 3.05) is 11.9 Å². The Labute approximate surface area is 87.7 Å². The minimum Gasteiger partial charge on any atom is -0.484 e. The Morgan fingerprint density at radius 2 is 2.40 bits per heavy atom. The van der Waals surface area contributed by atoms with Crippen LogP contribution in [-0.4, -0.2) is 18.9 Å². The van der Waals surface area contributed by atoms with Crippen molar-refractivity contribution in [1.29, 1.82) is 5.41 Å². The zero-order valence-electron chi connectivity index (χ0n) is 8.41. The number of benzene rings is 1. The zero-order valence-corrected chi connectivity index (χ0v) is 8.41. The topological polar surface area (TPSA) is 88.2 Å². The van der Waals surface area contributed by atoms with Crippen LogP contribution in [0.1, 0.15) is 5.56 Å². The average Bonchev–Trinajstić information content (AvgIpc) is 2.17. The summed E-state index contributed by atoms with van der Waals surface area (Å²) in [7, 11) is 0. The summed E-state index contributed by atoms with van der Waals surface area (Å²) in [6.07, 6.45) is 0.579. The van der Waals surface area contributed by atoms with Crippen LogP contribution >= 0.6 is 0 Å². The van der Waals surface area contributed by atoms with E-state index in [-0.39, 0.29) is 12.4 Å². The smallest absolute Gasteiger partial charge is 0.211 e. The summed E-state index contributed by atoms with van der Waals surface area (Å²) in [5.74, 6) is 0.440. The molecule has 1 aromatic rings. The number of carbonyl (C=O) groups is 1. The molecule has 0 heterocycles. The molecule has 0 spiro atoms. The van der Waals surface area contributed by atoms with Crippen molar-refractivity contribution in [3.8, 4) is 5.75 Å². The summed E-state index contributed by atoms with van der Waals surface area (Å²) in [6, 6.07) is 5.36. The van der Waals surface area contributed by atoms with E-state index in [0.29, 0.717) is 17.8 Å². The molecule has 1 aromatic carbocycles. The van der Waals surface area contributed by atoms with Crippen LogP contribution in [0.5, 0.6) is 5.75 Å². The van der Waals surface area contributed by atoms with Crippen LogP contribution in [0.15, 0.2) is 18.2 Å². The maximum Gasteiger partial charge on any atom is 0.211 e. The highest BCUT2D eigenvalue weighted by Gasteiger charge is 2.03. The maximum atomic E-state index is 10.3. The van der Waals surface area contributed by atoms with Crippen LogP contribution in [-0.2, 0) is 4.79 Å². The molecule has 4 N–H and O–H groups in total. The lowest BCUT2D eigenvalue weighted by molar-refractivity contribution is -0.105. The Bertz CT molecular complexity index is 377. The van der Waals surface area contributed by atoms with Gasteiger partial charge in [0.1, 0.15) is 18.2 Å². The van der Waals surface area contributed by atoms with Crippen LogP contribution < -0.4 is 15.8 Å². The highest BCUT2D eigenvalue weighted by Crippen LogP contribution is 2.24. The highest BCUT2D eigenvalue weighted by molar-refractivity contribution is 5.79. The second kappa shape index (κ2) is 4.99. The van der Waals surface area contributed by atoms with Gasteiger partial charge in [0.05, 0.1) is 5.69 Å². The second-order valence-electron chi connectivity index (χ2n) is 3.08. The fourth-order valence-corrected chi connectivity index (χ4v) is 1.10. The molecule has 0 aliphatic rings. The zero-order chi connectivity index (χ0) is 11.3. The van der Waals surface area contributed by atoms with E-state index < -0.39 is 0 Å². The number of nitrogens with two attached hydrogens (primary N) is 1. The maximum absolute atomic E-state index is 10.3. The van der Waals surface area contributed by atoms with Crippen LogP contribution in [0.25, 0.3) is 0 Å². The number of nitrogens with one attached hydrogen (secondary N) is 2. The predicted molar refractivity (Wildman–Crippen MR) is 58.3 cm³/mol. The van der Waals surface area contributed by atoms with Crippen molar-refractivity contribution in [3.05, 3.63) is 23.8 Å². The molecule has 0 radical (unpaired) electrons. The Morgan fingerprint density at radius 1 is 1.67 bits per heavy atom. The molecule has 0 fully saturated rings. The molecule has 0 saturated heterocycles. The van der Waals surface area contributed by atoms with E-state index in [0.717, 1.165) is 5.56 Å². The lowest BCUT2D eigenvalue weighted by atomic mass is 10.2. The van der Waals surface area contributed by atoms with Crippen molar-refractivity contribution < 1.29 is 9.53 Å². The van der Waals surface area contributed by atoms with Crippen molar-refractivity contribution >= 4 is 17.9 Å². The number of carbonyl (C=O) groups excluding carboxylic acids is 1. The van der Waals surface area contributed by atoms with Gasteiger partial charge in [0.15, 0.2) is 0 Å². The van der Waals surface area contributed by atoms with Gasteiger partial charge < -0.3 is 15.8 Å². The number of aryl methyl sites for hydroxylation is 1. The van der Waals surface area contributed by atoms with Gasteiger partial charge in [0, 0.05) is 0 Å². The van der Waals surface area contributed by atoms with E-state index in [9.17, 15) is 4.79 Å². The summed E-state index contributed by atoms with van der Waals surface area (Å²) < 4.78 is 5.24. The number of rotatable bonds is 5. The van der Waals surface area contributed by atoms with Crippen molar-refractivity contribution in [1.82, 2.24) is 0 Å². The Morgan fingerprint density at radius 3 is 3.00 bits per heavy atom. The summed E-state index contributed by atoms with van der Waals surface area (Å²) in [5, 5.41) is 9.54. The molecule has 0 aromatic heterocycles. The molecule has 5 heteroatoms. The van der Waals surface area contributed by atoms with E-state index >= 15 is 0 Å². The first-order valence-electron chi connectivity index (χ1n) is 4.40. The Balaban J connectivity index is 2.84. The van der Waals surface area contributed by atoms with Crippen molar-refractivity contribution in [2.24, 2.45) is 5.73 Å². The summed E-state index contributed by atoms with van der Waals surface area (Å²) in [6.45, 7) is 1.92. The van der Waals surface area contributed by atoms with Crippen LogP contribution in [0.3, 0.4) is 0 Å². The summed E-state index contributed by atoms with van der Waals surface area (Å²) >= 11 is 0. The molecular formula is C10H13N3O2. The standard InChI is InChI=1S/C10H13N3O2/c1-7-2-3-9(15-5-10(11)12)8(4-7)13-6-14/h2-4,6H,5H2,1H3,(H3,11,12)(H,13,14). The predicted octanol–water partition coefficient (Wildman–Crippen LogP) is 0.878. The van der Waals surface area contributed by atoms with Gasteiger partial charge in [-0.3, -0.25) is 10.2 Å². The number of anilines is 1. The van der Waals surface area contributed by atoms with E-state index in [2.05, 4.69) is 5.32 Å². The molecule has 80 valence electrons. The summed E-state index contributed by atoms with van der Waals surface area (Å²) in [5.41, 5.74) is 6.75. The minimum absolute atomic E-state index is 0.0105. The lowest BCUT2D eigenvalue weighted by Gasteiger charge is -2.10. The quantitative estimate of drug-likeness (QED) is 0.380. The molecule has 1 amide bonds. The number of amidine groups is 1. The van der Waals surface area contributed by atoms with E-state index in [4.69, 9.17) is 15.9 Å². The van der Waals surface area contributed by atoms with Crippen LogP contribution in [0.4, 0.5) is 5.69 Å². The van der Waals surface area contributed by atoms with Crippen molar-refractivity contribution in [2.45, 2.75) is 6.92 Å². The van der Waals surface area contributed by atoms with Gasteiger partial charge in [0.25, 0.3) is 0 Å². The minimum atomic E-state index is -0.0624. The molecule has 0 bridgehead atoms. The monoisotopic (exact) mass is 207 g/mol. The largest absolute Gasteiger partial charge is 0.484 e. The van der Waals surface area contributed by atoms with Gasteiger partial charge in [-0.05, 0) is 24.6 Å². The van der Waals surface area contributed by atoms with E-state index in [1.165, 1.54) is 0 Å². The third-order valence-electron chi connectivity index (χ3n) is 1.73. The second-order valence-corrected chi connectivity index (χ2v) is 3.08. The Kier molecular flexibility index (Phi) is 3.68. The fourth-order valence-electron chi connectivity index (χ4n) is 1.10. The number of hydrogen-bond donors (Lipinski definition) is 3. The van der Waals surface area contributed by atoms with Gasteiger partial charge >= 0.3 is 0 Å². The first-order valence-corrected chi connectivity index (χ1v) is 4.40. The molecule has 0 unspecified atom stereocenters. The van der Waals surface area contributed by atoms with Crippen LogP contribution in [0.2, 0.25) is 0 Å². The van der Waals surface area contributed by atoms with E-state index in [1.54, 1.807) is 12.1 Å². The molecule has 0 aliphatic carbocycles. The average molecular weight is 207 g/mol. The van der Waals surface area contributed by atoms with Gasteiger partial charge in [-0.1, -0.05) is 6.07 Å². The molecular weight excluding hydrogens is 194 g/mol. The molecule has 5 nitrogen and oxygen atoms in total. The molecule has 0 aliphatic heterocycles. The molecule has 0 atom stereocenters. The normalized spacial score (nSPS) is 9.40. The van der Waals surface area contributed by atoms with Crippen molar-refractivity contribution in [3.63, 3.8) is 0 Å². The van der Waals surface area contributed by atoms with Gasteiger partial charge in [0.2, 0.25) is 6.41 Å². The van der Waals surface area contributed by atoms with Crippen LogP contribution in [0, 0.1) is 12.3 Å². The fraction of sp³-hybridized carbons (Fsp3) is 0.200. The first-order chi connectivity index (χ1) is 7.13. The SMILES string of the molecule is Cc1ccc(OCC(=N)N)c(NC=O)c1. The first kappa shape index (κ1) is 11.0. The third-order valence-corrected chi connectivity index (χ3v) is 1.73. The number of amides is 1. The number of ether oxygens (including phenoxy) is 1. The molecule has 0 saturated carbocycles. The Hall–Kier alpha value is -2.04.